The molecular weight excluding hydrogens is 562 g/mol. The van der Waals surface area contributed by atoms with Crippen LogP contribution in [0.15, 0.2) is 48.6 Å². The number of amides is 1. The van der Waals surface area contributed by atoms with Gasteiger partial charge in [-0.3, -0.25) is 14.4 Å². The topological polar surface area (TPSA) is 92.7 Å². The number of ether oxygens (including phenoxy) is 1. The molecule has 1 unspecified atom stereocenters. The molecule has 258 valence electrons. The van der Waals surface area contributed by atoms with Gasteiger partial charge in [-0.1, -0.05) is 127 Å². The van der Waals surface area contributed by atoms with E-state index in [0.717, 1.165) is 103 Å². The van der Waals surface area contributed by atoms with E-state index in [1.165, 1.54) is 38.5 Å². The molecule has 0 spiro atoms. The zero-order valence-electron chi connectivity index (χ0n) is 29.0. The highest BCUT2D eigenvalue weighted by molar-refractivity contribution is 5.80. The second kappa shape index (κ2) is 34.2. The van der Waals surface area contributed by atoms with Crippen LogP contribution >= 0.6 is 0 Å². The molecule has 0 aromatic rings. The minimum atomic E-state index is -1.02. The number of carboxylic acid groups (broad SMARTS) is 1. The van der Waals surface area contributed by atoms with Gasteiger partial charge in [-0.15, -0.1) is 0 Å². The smallest absolute Gasteiger partial charge is 0.322 e. The summed E-state index contributed by atoms with van der Waals surface area (Å²) in [7, 11) is 0. The first-order valence-electron chi connectivity index (χ1n) is 18.3. The van der Waals surface area contributed by atoms with Crippen molar-refractivity contribution in [3.8, 4) is 0 Å². The van der Waals surface area contributed by atoms with Crippen molar-refractivity contribution in [2.24, 2.45) is 0 Å². The lowest BCUT2D eigenvalue weighted by Gasteiger charge is -2.18. The standard InChI is InChI=1S/C39H67NO5/c1-3-5-7-9-11-13-14-15-16-17-18-19-20-23-27-31-36(45-39(44)34-30-26-21-12-10-8-6-4-2)32-28-24-22-25-29-33-37(41)40-35-38(42)43/h5,7,11,13,15-16,18-19,36H,3-4,6,8-10,12,14,17,20-35H2,1-2H3,(H,40,41)(H,42,43)/b7-5-,13-11-,16-15-,19-18-. The molecule has 0 rings (SSSR count). The largest absolute Gasteiger partial charge is 0.480 e. The van der Waals surface area contributed by atoms with Crippen molar-refractivity contribution in [3.63, 3.8) is 0 Å². The monoisotopic (exact) mass is 630 g/mol. The van der Waals surface area contributed by atoms with Crippen molar-refractivity contribution < 1.29 is 24.2 Å². The van der Waals surface area contributed by atoms with Crippen LogP contribution in [0, 0.1) is 0 Å². The number of aliphatic carboxylic acids is 1. The highest BCUT2D eigenvalue weighted by Crippen LogP contribution is 2.18. The van der Waals surface area contributed by atoms with Gasteiger partial charge in [0.25, 0.3) is 0 Å². The fourth-order valence-corrected chi connectivity index (χ4v) is 5.09. The molecule has 0 bridgehead atoms. The van der Waals surface area contributed by atoms with Gasteiger partial charge in [-0.05, 0) is 77.0 Å². The van der Waals surface area contributed by atoms with Gasteiger partial charge in [-0.2, -0.15) is 0 Å². The Balaban J connectivity index is 4.29. The molecule has 2 N–H and O–H groups in total. The molecule has 0 aliphatic carbocycles. The molecule has 0 saturated heterocycles. The molecule has 6 nitrogen and oxygen atoms in total. The van der Waals surface area contributed by atoms with Gasteiger partial charge in [-0.25, -0.2) is 0 Å². The maximum absolute atomic E-state index is 12.6. The Morgan fingerprint density at radius 3 is 1.67 bits per heavy atom. The summed E-state index contributed by atoms with van der Waals surface area (Å²) in [6.45, 7) is 4.07. The van der Waals surface area contributed by atoms with E-state index in [4.69, 9.17) is 9.84 Å². The van der Waals surface area contributed by atoms with Crippen LogP contribution in [0.2, 0.25) is 0 Å². The van der Waals surface area contributed by atoms with Crippen LogP contribution in [0.25, 0.3) is 0 Å². The lowest BCUT2D eigenvalue weighted by Crippen LogP contribution is -2.28. The molecule has 45 heavy (non-hydrogen) atoms. The van der Waals surface area contributed by atoms with E-state index in [2.05, 4.69) is 67.8 Å². The maximum Gasteiger partial charge on any atom is 0.322 e. The van der Waals surface area contributed by atoms with Gasteiger partial charge >= 0.3 is 11.9 Å². The second-order valence-electron chi connectivity index (χ2n) is 12.1. The van der Waals surface area contributed by atoms with E-state index >= 15 is 0 Å². The molecule has 0 saturated carbocycles. The molecule has 0 heterocycles. The number of carbonyl (C=O) groups excluding carboxylic acids is 2. The van der Waals surface area contributed by atoms with Gasteiger partial charge in [0.2, 0.25) is 5.91 Å². The Morgan fingerprint density at radius 2 is 1.09 bits per heavy atom. The highest BCUT2D eigenvalue weighted by Gasteiger charge is 2.14. The SMILES string of the molecule is CC/C=C\C/C=C\C/C=C\C/C=C\CCCCC(CCCCCCCC(=O)NCC(=O)O)OC(=O)CCCCCCCCCC. The summed E-state index contributed by atoms with van der Waals surface area (Å²) in [6, 6.07) is 0. The van der Waals surface area contributed by atoms with Gasteiger partial charge in [0.1, 0.15) is 12.6 Å². The Morgan fingerprint density at radius 1 is 0.600 bits per heavy atom. The molecule has 0 fully saturated rings. The number of nitrogens with one attached hydrogen (secondary N) is 1. The molecule has 0 radical (unpaired) electrons. The van der Waals surface area contributed by atoms with E-state index in [0.29, 0.717) is 12.8 Å². The van der Waals surface area contributed by atoms with E-state index in [1.54, 1.807) is 0 Å². The van der Waals surface area contributed by atoms with Crippen LogP contribution in [0.1, 0.15) is 168 Å². The number of unbranched alkanes of at least 4 members (excludes halogenated alkanes) is 13. The Bertz CT molecular complexity index is 829. The number of rotatable bonds is 32. The van der Waals surface area contributed by atoms with Crippen molar-refractivity contribution in [3.05, 3.63) is 48.6 Å². The van der Waals surface area contributed by atoms with Gasteiger partial charge in [0.05, 0.1) is 0 Å². The van der Waals surface area contributed by atoms with Crippen molar-refractivity contribution in [1.82, 2.24) is 5.32 Å². The first-order chi connectivity index (χ1) is 22.0. The van der Waals surface area contributed by atoms with Gasteiger partial charge in [0.15, 0.2) is 0 Å². The fraction of sp³-hybridized carbons (Fsp3) is 0.718. The van der Waals surface area contributed by atoms with E-state index in [1.807, 2.05) is 0 Å². The van der Waals surface area contributed by atoms with E-state index in [-0.39, 0.29) is 24.5 Å². The number of esters is 1. The molecular formula is C39H67NO5. The van der Waals surface area contributed by atoms with Crippen LogP contribution in [0.3, 0.4) is 0 Å². The fourth-order valence-electron chi connectivity index (χ4n) is 5.09. The summed E-state index contributed by atoms with van der Waals surface area (Å²) in [6.07, 6.45) is 42.2. The number of carboxylic acids is 1. The zero-order chi connectivity index (χ0) is 33.1. The second-order valence-corrected chi connectivity index (χ2v) is 12.1. The third kappa shape index (κ3) is 34.1. The van der Waals surface area contributed by atoms with Gasteiger partial charge < -0.3 is 15.2 Å². The Hall–Kier alpha value is -2.63. The molecule has 0 aromatic carbocycles. The summed E-state index contributed by atoms with van der Waals surface area (Å²) < 4.78 is 5.96. The number of hydrogen-bond acceptors (Lipinski definition) is 4. The predicted molar refractivity (Wildman–Crippen MR) is 189 cm³/mol. The van der Waals surface area contributed by atoms with Crippen LogP contribution in [0.5, 0.6) is 0 Å². The minimum absolute atomic E-state index is 0.00855. The highest BCUT2D eigenvalue weighted by atomic mass is 16.5. The van der Waals surface area contributed by atoms with Crippen molar-refractivity contribution in [2.75, 3.05) is 6.54 Å². The maximum atomic E-state index is 12.6. The Labute approximate surface area is 276 Å². The number of allylic oxidation sites excluding steroid dienone is 8. The van der Waals surface area contributed by atoms with Crippen molar-refractivity contribution >= 4 is 17.8 Å². The van der Waals surface area contributed by atoms with E-state index in [9.17, 15) is 14.4 Å². The third-order valence-corrected chi connectivity index (χ3v) is 7.77. The molecule has 1 amide bonds. The molecule has 0 aromatic heterocycles. The lowest BCUT2D eigenvalue weighted by atomic mass is 10.0. The normalized spacial score (nSPS) is 12.6. The number of carbonyl (C=O) groups is 3. The quantitative estimate of drug-likeness (QED) is 0.0439. The molecule has 1 atom stereocenters. The van der Waals surface area contributed by atoms with Crippen LogP contribution in [0.4, 0.5) is 0 Å². The van der Waals surface area contributed by atoms with Crippen LogP contribution in [-0.2, 0) is 19.1 Å². The molecule has 6 heteroatoms. The lowest BCUT2D eigenvalue weighted by molar-refractivity contribution is -0.150. The average Bonchev–Trinajstić information content (AvgIpc) is 3.02. The molecule has 0 aliphatic rings. The summed E-state index contributed by atoms with van der Waals surface area (Å²) in [5, 5.41) is 11.0. The Kier molecular flexibility index (Phi) is 32.2. The number of hydrogen-bond donors (Lipinski definition) is 2. The average molecular weight is 630 g/mol. The zero-order valence-corrected chi connectivity index (χ0v) is 29.0. The van der Waals surface area contributed by atoms with Crippen LogP contribution in [-0.4, -0.2) is 35.6 Å². The van der Waals surface area contributed by atoms with Crippen molar-refractivity contribution in [1.29, 1.82) is 0 Å². The first kappa shape index (κ1) is 42.4. The van der Waals surface area contributed by atoms with Crippen molar-refractivity contribution in [2.45, 2.75) is 174 Å². The summed E-state index contributed by atoms with van der Waals surface area (Å²) >= 11 is 0. The van der Waals surface area contributed by atoms with Crippen LogP contribution < -0.4 is 5.32 Å². The molecule has 0 aliphatic heterocycles. The van der Waals surface area contributed by atoms with E-state index < -0.39 is 5.97 Å². The minimum Gasteiger partial charge on any atom is -0.480 e. The summed E-state index contributed by atoms with van der Waals surface area (Å²) in [5.74, 6) is -1.27. The van der Waals surface area contributed by atoms with Gasteiger partial charge in [0, 0.05) is 12.8 Å². The first-order valence-corrected chi connectivity index (χ1v) is 18.3. The third-order valence-electron chi connectivity index (χ3n) is 7.77. The summed E-state index contributed by atoms with van der Waals surface area (Å²) in [4.78, 5) is 34.8. The predicted octanol–water partition coefficient (Wildman–Crippen LogP) is 10.7. The summed E-state index contributed by atoms with van der Waals surface area (Å²) in [5.41, 5.74) is 0.